The third-order valence-electron chi connectivity index (χ3n) is 3.02. The van der Waals surface area contributed by atoms with E-state index in [1.54, 1.807) is 6.20 Å². The number of anilines is 1. The van der Waals surface area contributed by atoms with Crippen LogP contribution in [-0.4, -0.2) is 37.5 Å². The van der Waals surface area contributed by atoms with E-state index in [1.807, 2.05) is 19.1 Å². The average molecular weight is 255 g/mol. The first kappa shape index (κ1) is 12.3. The van der Waals surface area contributed by atoms with Gasteiger partial charge in [-0.1, -0.05) is 0 Å². The van der Waals surface area contributed by atoms with Crippen molar-refractivity contribution in [3.63, 3.8) is 0 Å². The molecule has 0 bridgehead atoms. The molecule has 17 heavy (non-hydrogen) atoms. The van der Waals surface area contributed by atoms with Gasteiger partial charge in [-0.15, -0.1) is 0 Å². The van der Waals surface area contributed by atoms with Gasteiger partial charge in [0, 0.05) is 19.1 Å². The topological polar surface area (TPSA) is 76.3 Å². The fourth-order valence-electron chi connectivity index (χ4n) is 2.09. The molecular weight excluding hydrogens is 238 g/mol. The largest absolute Gasteiger partial charge is 0.366 e. The lowest BCUT2D eigenvalue weighted by Gasteiger charge is -2.34. The van der Waals surface area contributed by atoms with Gasteiger partial charge in [0.15, 0.2) is 9.84 Å². The van der Waals surface area contributed by atoms with Gasteiger partial charge < -0.3 is 10.6 Å². The molecule has 5 nitrogen and oxygen atoms in total. The summed E-state index contributed by atoms with van der Waals surface area (Å²) in [6, 6.07) is 3.83. The molecule has 1 atom stereocenters. The second kappa shape index (κ2) is 4.62. The first-order valence-corrected chi connectivity index (χ1v) is 7.46. The van der Waals surface area contributed by atoms with Gasteiger partial charge in [-0.05, 0) is 19.1 Å². The average Bonchev–Trinajstić information content (AvgIpc) is 2.28. The van der Waals surface area contributed by atoms with Crippen LogP contribution in [0, 0.1) is 0 Å². The van der Waals surface area contributed by atoms with Gasteiger partial charge in [-0.25, -0.2) is 8.42 Å². The van der Waals surface area contributed by atoms with E-state index < -0.39 is 9.84 Å². The summed E-state index contributed by atoms with van der Waals surface area (Å²) in [6.45, 7) is 2.88. The Morgan fingerprint density at radius 2 is 2.29 bits per heavy atom. The molecule has 1 aliphatic rings. The summed E-state index contributed by atoms with van der Waals surface area (Å²) >= 11 is 0. The van der Waals surface area contributed by atoms with E-state index in [0.717, 1.165) is 11.4 Å². The molecule has 0 amide bonds. The van der Waals surface area contributed by atoms with Crippen LogP contribution in [0.5, 0.6) is 0 Å². The molecule has 0 spiro atoms. The zero-order chi connectivity index (χ0) is 12.5. The first-order chi connectivity index (χ1) is 8.02. The zero-order valence-electron chi connectivity index (χ0n) is 9.83. The summed E-state index contributed by atoms with van der Waals surface area (Å²) in [7, 11) is -2.87. The first-order valence-electron chi connectivity index (χ1n) is 5.64. The Bertz CT molecular complexity index is 484. The Morgan fingerprint density at radius 1 is 1.53 bits per heavy atom. The van der Waals surface area contributed by atoms with Crippen molar-refractivity contribution in [3.8, 4) is 0 Å². The summed E-state index contributed by atoms with van der Waals surface area (Å²) in [6.07, 6.45) is 1.76. The fraction of sp³-hybridized carbons (Fsp3) is 0.545. The Kier molecular flexibility index (Phi) is 3.35. The number of pyridine rings is 1. The molecular formula is C11H17N3O2S. The number of aromatic nitrogens is 1. The zero-order valence-corrected chi connectivity index (χ0v) is 10.7. The number of nitrogens with zero attached hydrogens (tertiary/aromatic N) is 2. The highest BCUT2D eigenvalue weighted by atomic mass is 32.2. The Hall–Kier alpha value is -1.14. The molecule has 1 aromatic rings. The van der Waals surface area contributed by atoms with Gasteiger partial charge in [0.05, 0.1) is 29.1 Å². The summed E-state index contributed by atoms with van der Waals surface area (Å²) in [5, 5.41) is 0. The predicted molar refractivity (Wildman–Crippen MR) is 67.6 cm³/mol. The maximum Gasteiger partial charge on any atom is 0.154 e. The van der Waals surface area contributed by atoms with Crippen LogP contribution in [0.2, 0.25) is 0 Å². The number of hydrogen-bond acceptors (Lipinski definition) is 5. The number of nitrogens with two attached hydrogens (primary N) is 1. The minimum Gasteiger partial charge on any atom is -0.366 e. The molecule has 0 radical (unpaired) electrons. The van der Waals surface area contributed by atoms with Crippen LogP contribution in [0.25, 0.3) is 0 Å². The molecule has 1 saturated heterocycles. The Morgan fingerprint density at radius 3 is 2.82 bits per heavy atom. The van der Waals surface area contributed by atoms with Gasteiger partial charge in [-0.3, -0.25) is 4.98 Å². The van der Waals surface area contributed by atoms with Crippen LogP contribution in [-0.2, 0) is 16.4 Å². The van der Waals surface area contributed by atoms with Gasteiger partial charge in [0.2, 0.25) is 0 Å². The van der Waals surface area contributed by atoms with Crippen LogP contribution >= 0.6 is 0 Å². The van der Waals surface area contributed by atoms with Gasteiger partial charge in [0.1, 0.15) is 0 Å². The van der Waals surface area contributed by atoms with E-state index in [4.69, 9.17) is 5.73 Å². The van der Waals surface area contributed by atoms with E-state index in [1.165, 1.54) is 0 Å². The molecule has 0 aliphatic carbocycles. The quantitative estimate of drug-likeness (QED) is 0.815. The molecule has 0 saturated carbocycles. The summed E-state index contributed by atoms with van der Waals surface area (Å²) in [5.74, 6) is 0.432. The maximum absolute atomic E-state index is 11.5. The van der Waals surface area contributed by atoms with Crippen molar-refractivity contribution in [2.75, 3.05) is 23.0 Å². The van der Waals surface area contributed by atoms with Crippen molar-refractivity contribution in [2.24, 2.45) is 5.73 Å². The SMILES string of the molecule is CC1CS(=O)(=O)CCN1c1ccc(CN)nc1. The molecule has 1 aromatic heterocycles. The van der Waals surface area contributed by atoms with E-state index >= 15 is 0 Å². The molecule has 94 valence electrons. The monoisotopic (exact) mass is 255 g/mol. The highest BCUT2D eigenvalue weighted by Gasteiger charge is 2.28. The van der Waals surface area contributed by atoms with E-state index in [9.17, 15) is 8.42 Å². The Labute approximate surface area is 102 Å². The number of rotatable bonds is 2. The lowest BCUT2D eigenvalue weighted by atomic mass is 10.2. The van der Waals surface area contributed by atoms with Gasteiger partial charge in [0.25, 0.3) is 0 Å². The minimum absolute atomic E-state index is 0.000670. The molecule has 1 fully saturated rings. The van der Waals surface area contributed by atoms with Crippen molar-refractivity contribution in [3.05, 3.63) is 24.0 Å². The summed E-state index contributed by atoms with van der Waals surface area (Å²) in [4.78, 5) is 6.30. The van der Waals surface area contributed by atoms with Crippen molar-refractivity contribution in [1.29, 1.82) is 0 Å². The number of hydrogen-bond donors (Lipinski definition) is 1. The van der Waals surface area contributed by atoms with Crippen molar-refractivity contribution in [1.82, 2.24) is 4.98 Å². The molecule has 1 aliphatic heterocycles. The fourth-order valence-corrected chi connectivity index (χ4v) is 3.65. The summed E-state index contributed by atoms with van der Waals surface area (Å²) < 4.78 is 23.0. The molecule has 0 aromatic carbocycles. The van der Waals surface area contributed by atoms with Crippen molar-refractivity contribution in [2.45, 2.75) is 19.5 Å². The van der Waals surface area contributed by atoms with Crippen LogP contribution in [0.4, 0.5) is 5.69 Å². The molecule has 2 N–H and O–H groups in total. The van der Waals surface area contributed by atoms with Crippen LogP contribution in [0.3, 0.4) is 0 Å². The third-order valence-corrected chi connectivity index (χ3v) is 4.82. The van der Waals surface area contributed by atoms with Crippen LogP contribution < -0.4 is 10.6 Å². The van der Waals surface area contributed by atoms with Gasteiger partial charge in [-0.2, -0.15) is 0 Å². The lowest BCUT2D eigenvalue weighted by molar-refractivity contribution is 0.568. The molecule has 2 heterocycles. The molecule has 6 heteroatoms. The van der Waals surface area contributed by atoms with Gasteiger partial charge >= 0.3 is 0 Å². The second-order valence-corrected chi connectivity index (χ2v) is 6.60. The van der Waals surface area contributed by atoms with E-state index in [2.05, 4.69) is 9.88 Å². The third kappa shape index (κ3) is 2.76. The predicted octanol–water partition coefficient (Wildman–Crippen LogP) is 0.164. The highest BCUT2D eigenvalue weighted by Crippen LogP contribution is 2.20. The Balaban J connectivity index is 2.17. The van der Waals surface area contributed by atoms with Crippen LogP contribution in [0.1, 0.15) is 12.6 Å². The van der Waals surface area contributed by atoms with Crippen LogP contribution in [0.15, 0.2) is 18.3 Å². The number of sulfone groups is 1. The summed E-state index contributed by atoms with van der Waals surface area (Å²) in [5.41, 5.74) is 7.29. The second-order valence-electron chi connectivity index (χ2n) is 4.37. The van der Waals surface area contributed by atoms with E-state index in [-0.39, 0.29) is 17.5 Å². The lowest BCUT2D eigenvalue weighted by Crippen LogP contribution is -2.47. The standard InChI is InChI=1S/C11H17N3O2S/c1-9-8-17(15,16)5-4-14(9)11-3-2-10(6-12)13-7-11/h2-3,7,9H,4-6,8,12H2,1H3. The highest BCUT2D eigenvalue weighted by molar-refractivity contribution is 7.91. The molecule has 2 rings (SSSR count). The molecule has 1 unspecified atom stereocenters. The van der Waals surface area contributed by atoms with Crippen molar-refractivity contribution < 1.29 is 8.42 Å². The van der Waals surface area contributed by atoms with E-state index in [0.29, 0.717) is 13.1 Å². The smallest absolute Gasteiger partial charge is 0.154 e. The maximum atomic E-state index is 11.5. The van der Waals surface area contributed by atoms with Crippen molar-refractivity contribution >= 4 is 15.5 Å². The normalized spacial score (nSPS) is 23.6. The minimum atomic E-state index is -2.87.